The second-order valence-electron chi connectivity index (χ2n) is 5.98. The third-order valence-corrected chi connectivity index (χ3v) is 4.93. The van der Waals surface area contributed by atoms with E-state index >= 15 is 0 Å². The van der Waals surface area contributed by atoms with Gasteiger partial charge in [-0.15, -0.1) is 10.2 Å². The third kappa shape index (κ3) is 5.24. The number of nitrogens with zero attached hydrogens (tertiary/aromatic N) is 3. The number of aromatic nitrogens is 2. The molecule has 0 saturated carbocycles. The van der Waals surface area contributed by atoms with Crippen LogP contribution in [0.3, 0.4) is 0 Å². The van der Waals surface area contributed by atoms with Crippen LogP contribution in [-0.2, 0) is 11.3 Å². The quantitative estimate of drug-likeness (QED) is 0.605. The highest BCUT2D eigenvalue weighted by Gasteiger charge is 2.13. The van der Waals surface area contributed by atoms with Gasteiger partial charge in [0.25, 0.3) is 5.22 Å². The number of hydrogen-bond donors (Lipinski definition) is 1. The van der Waals surface area contributed by atoms with E-state index in [1.807, 2.05) is 55.4 Å². The van der Waals surface area contributed by atoms with Crippen LogP contribution in [0.2, 0.25) is 5.02 Å². The normalized spacial score (nSPS) is 10.6. The lowest BCUT2D eigenvalue weighted by atomic mass is 10.2. The number of benzene rings is 2. The van der Waals surface area contributed by atoms with Gasteiger partial charge in [0.05, 0.1) is 16.3 Å². The van der Waals surface area contributed by atoms with E-state index in [0.717, 1.165) is 11.3 Å². The highest BCUT2D eigenvalue weighted by atomic mass is 35.5. The lowest BCUT2D eigenvalue weighted by Gasteiger charge is -2.12. The summed E-state index contributed by atoms with van der Waals surface area (Å²) in [6, 6.07) is 15.3. The zero-order valence-corrected chi connectivity index (χ0v) is 16.5. The summed E-state index contributed by atoms with van der Waals surface area (Å²) in [7, 11) is 3.98. The highest BCUT2D eigenvalue weighted by Crippen LogP contribution is 2.28. The Hall–Kier alpha value is -2.51. The molecular formula is C19H19ClN4O2S. The van der Waals surface area contributed by atoms with Crippen molar-refractivity contribution in [2.75, 3.05) is 24.7 Å². The van der Waals surface area contributed by atoms with Gasteiger partial charge in [-0.1, -0.05) is 47.6 Å². The first-order valence-corrected chi connectivity index (χ1v) is 9.63. The second-order valence-corrected chi connectivity index (χ2v) is 7.31. The minimum absolute atomic E-state index is 0.103. The Balaban J connectivity index is 1.49. The van der Waals surface area contributed by atoms with Crippen LogP contribution in [0.4, 0.5) is 5.69 Å². The highest BCUT2D eigenvalue weighted by molar-refractivity contribution is 7.99. The minimum atomic E-state index is -0.103. The summed E-state index contributed by atoms with van der Waals surface area (Å²) in [5.41, 5.74) is 2.83. The first-order valence-electron chi connectivity index (χ1n) is 8.27. The van der Waals surface area contributed by atoms with Gasteiger partial charge in [-0.2, -0.15) is 0 Å². The number of hydrogen-bond acceptors (Lipinski definition) is 6. The van der Waals surface area contributed by atoms with Gasteiger partial charge in [-0.3, -0.25) is 4.79 Å². The Morgan fingerprint density at radius 1 is 1.15 bits per heavy atom. The fraction of sp³-hybridized carbons (Fsp3) is 0.211. The predicted octanol–water partition coefficient (Wildman–Crippen LogP) is 3.86. The molecule has 0 aliphatic rings. The molecule has 3 rings (SSSR count). The minimum Gasteiger partial charge on any atom is -0.411 e. The molecule has 1 N–H and O–H groups in total. The Labute approximate surface area is 166 Å². The van der Waals surface area contributed by atoms with Crippen molar-refractivity contribution < 1.29 is 9.21 Å². The number of nitrogens with one attached hydrogen (secondary N) is 1. The molecule has 1 aromatic heterocycles. The largest absolute Gasteiger partial charge is 0.411 e. The predicted molar refractivity (Wildman–Crippen MR) is 108 cm³/mol. The molecule has 0 saturated heterocycles. The maximum atomic E-state index is 12.0. The molecule has 27 heavy (non-hydrogen) atoms. The molecule has 8 heteroatoms. The van der Waals surface area contributed by atoms with Gasteiger partial charge in [0, 0.05) is 26.3 Å². The molecular weight excluding hydrogens is 384 g/mol. The van der Waals surface area contributed by atoms with Crippen molar-refractivity contribution in [2.45, 2.75) is 11.8 Å². The smallest absolute Gasteiger partial charge is 0.277 e. The molecule has 1 amide bonds. The Morgan fingerprint density at radius 2 is 1.89 bits per heavy atom. The van der Waals surface area contributed by atoms with E-state index < -0.39 is 0 Å². The molecule has 0 aliphatic heterocycles. The monoisotopic (exact) mass is 402 g/mol. The lowest BCUT2D eigenvalue weighted by Crippen LogP contribution is -2.24. The van der Waals surface area contributed by atoms with Gasteiger partial charge in [-0.25, -0.2) is 0 Å². The number of thioether (sulfide) groups is 1. The molecule has 0 fully saturated rings. The molecule has 0 atom stereocenters. The molecule has 0 unspecified atom stereocenters. The maximum absolute atomic E-state index is 12.0. The Morgan fingerprint density at radius 3 is 2.59 bits per heavy atom. The van der Waals surface area contributed by atoms with Crippen molar-refractivity contribution in [3.05, 3.63) is 59.1 Å². The summed E-state index contributed by atoms with van der Waals surface area (Å²) in [5, 5.41) is 11.7. The Bertz CT molecular complexity index is 912. The third-order valence-electron chi connectivity index (χ3n) is 3.78. The molecule has 0 spiro atoms. The molecule has 140 valence electrons. The summed E-state index contributed by atoms with van der Waals surface area (Å²) < 4.78 is 5.57. The van der Waals surface area contributed by atoms with Crippen LogP contribution >= 0.6 is 23.4 Å². The molecule has 6 nitrogen and oxygen atoms in total. The van der Waals surface area contributed by atoms with Crippen LogP contribution in [0.5, 0.6) is 0 Å². The van der Waals surface area contributed by atoms with Crippen LogP contribution < -0.4 is 10.2 Å². The van der Waals surface area contributed by atoms with E-state index in [1.54, 1.807) is 12.1 Å². The average Bonchev–Trinajstić information content (AvgIpc) is 3.14. The summed E-state index contributed by atoms with van der Waals surface area (Å²) >= 11 is 7.31. The molecule has 0 aliphatic carbocycles. The zero-order chi connectivity index (χ0) is 19.2. The van der Waals surface area contributed by atoms with Crippen LogP contribution in [0.1, 0.15) is 5.56 Å². The number of carbonyl (C=O) groups excluding carboxylic acids is 1. The van der Waals surface area contributed by atoms with Crippen LogP contribution in [0.15, 0.2) is 58.2 Å². The summed E-state index contributed by atoms with van der Waals surface area (Å²) in [4.78, 5) is 14.1. The summed E-state index contributed by atoms with van der Waals surface area (Å²) in [6.45, 7) is 0.474. The summed E-state index contributed by atoms with van der Waals surface area (Å²) in [6.07, 6.45) is 0. The number of rotatable bonds is 7. The lowest BCUT2D eigenvalue weighted by molar-refractivity contribution is -0.118. The first kappa shape index (κ1) is 19.3. The van der Waals surface area contributed by atoms with Crippen molar-refractivity contribution in [1.82, 2.24) is 15.5 Å². The SMILES string of the molecule is CN(C)c1ccc(CNC(=O)CSc2nnc(-c3ccccc3Cl)o2)cc1. The van der Waals surface area contributed by atoms with E-state index in [-0.39, 0.29) is 11.7 Å². The van der Waals surface area contributed by atoms with Gasteiger partial charge in [0.1, 0.15) is 0 Å². The van der Waals surface area contributed by atoms with E-state index in [2.05, 4.69) is 15.5 Å². The van der Waals surface area contributed by atoms with Crippen molar-refractivity contribution in [1.29, 1.82) is 0 Å². The number of anilines is 1. The fourth-order valence-corrected chi connectivity index (χ4v) is 3.11. The van der Waals surface area contributed by atoms with Gasteiger partial charge in [-0.05, 0) is 29.8 Å². The van der Waals surface area contributed by atoms with Gasteiger partial charge < -0.3 is 14.6 Å². The number of amides is 1. The van der Waals surface area contributed by atoms with Gasteiger partial charge >= 0.3 is 0 Å². The first-order chi connectivity index (χ1) is 13.0. The molecule has 1 heterocycles. The van der Waals surface area contributed by atoms with Crippen LogP contribution in [0.25, 0.3) is 11.5 Å². The average molecular weight is 403 g/mol. The van der Waals surface area contributed by atoms with Crippen molar-refractivity contribution in [3.8, 4) is 11.5 Å². The van der Waals surface area contributed by atoms with E-state index in [1.165, 1.54) is 11.8 Å². The van der Waals surface area contributed by atoms with Gasteiger partial charge in [0.2, 0.25) is 11.8 Å². The topological polar surface area (TPSA) is 71.3 Å². The molecule has 3 aromatic rings. The second kappa shape index (κ2) is 8.92. The number of halogens is 1. The Kier molecular flexibility index (Phi) is 6.36. The van der Waals surface area contributed by atoms with Crippen molar-refractivity contribution in [3.63, 3.8) is 0 Å². The molecule has 0 radical (unpaired) electrons. The van der Waals surface area contributed by atoms with Crippen molar-refractivity contribution >= 4 is 35.0 Å². The van der Waals surface area contributed by atoms with E-state index in [9.17, 15) is 4.79 Å². The maximum Gasteiger partial charge on any atom is 0.277 e. The fourth-order valence-electron chi connectivity index (χ4n) is 2.30. The standard InChI is InChI=1S/C19H19ClN4O2S/c1-24(2)14-9-7-13(8-10-14)11-21-17(25)12-27-19-23-22-18(26-19)15-5-3-4-6-16(15)20/h3-10H,11-12H2,1-2H3,(H,21,25). The van der Waals surface area contributed by atoms with E-state index in [0.29, 0.717) is 28.2 Å². The molecule has 2 aromatic carbocycles. The van der Waals surface area contributed by atoms with Crippen molar-refractivity contribution in [2.24, 2.45) is 0 Å². The van der Waals surface area contributed by atoms with Crippen LogP contribution in [0, 0.1) is 0 Å². The molecule has 0 bridgehead atoms. The number of carbonyl (C=O) groups is 1. The van der Waals surface area contributed by atoms with Crippen LogP contribution in [-0.4, -0.2) is 36.0 Å². The van der Waals surface area contributed by atoms with Gasteiger partial charge in [0.15, 0.2) is 0 Å². The zero-order valence-electron chi connectivity index (χ0n) is 15.0. The van der Waals surface area contributed by atoms with E-state index in [4.69, 9.17) is 16.0 Å². The summed E-state index contributed by atoms with van der Waals surface area (Å²) in [5.74, 6) is 0.429.